The maximum atomic E-state index is 12.4. The van der Waals surface area contributed by atoms with Crippen LogP contribution in [0.3, 0.4) is 0 Å². The van der Waals surface area contributed by atoms with Crippen molar-refractivity contribution in [3.05, 3.63) is 65.0 Å². The van der Waals surface area contributed by atoms with Crippen molar-refractivity contribution in [2.45, 2.75) is 76.8 Å². The number of aromatic nitrogens is 1. The van der Waals surface area contributed by atoms with E-state index in [4.69, 9.17) is 4.98 Å². The van der Waals surface area contributed by atoms with E-state index in [2.05, 4.69) is 34.1 Å². The normalized spacial score (nSPS) is 22.1. The monoisotopic (exact) mass is 445 g/mol. The Kier molecular flexibility index (Phi) is 7.22. The van der Waals surface area contributed by atoms with Gasteiger partial charge in [-0.25, -0.2) is 0 Å². The number of hydrogen-bond donors (Lipinski definition) is 0. The number of fused-ring (bicyclic) bond motifs is 1. The van der Waals surface area contributed by atoms with Gasteiger partial charge in [-0.05, 0) is 101 Å². The van der Waals surface area contributed by atoms with E-state index in [-0.39, 0.29) is 11.8 Å². The number of carbonyl (C=O) groups is 1. The molecule has 1 aromatic heterocycles. The predicted molar refractivity (Wildman–Crippen MR) is 133 cm³/mol. The summed E-state index contributed by atoms with van der Waals surface area (Å²) in [6.07, 6.45) is 11.1. The van der Waals surface area contributed by atoms with Crippen molar-refractivity contribution >= 4 is 5.78 Å². The molecule has 0 amide bonds. The van der Waals surface area contributed by atoms with Crippen molar-refractivity contribution < 1.29 is 4.79 Å². The SMILES string of the molecule is CC(=O)[C@H](c1ccccc1)N1CCC(N2CCC(Cc3ccc4c(n3)CCCC4)CC2)CC1. The molecule has 0 unspecified atom stereocenters. The molecule has 2 saturated heterocycles. The molecule has 3 heterocycles. The minimum Gasteiger partial charge on any atom is -0.300 e. The van der Waals surface area contributed by atoms with Gasteiger partial charge in [0.25, 0.3) is 0 Å². The first-order valence-electron chi connectivity index (χ1n) is 13.2. The third-order valence-electron chi connectivity index (χ3n) is 8.26. The van der Waals surface area contributed by atoms with Crippen LogP contribution in [0.5, 0.6) is 0 Å². The lowest BCUT2D eigenvalue weighted by Crippen LogP contribution is -2.49. The first-order valence-corrected chi connectivity index (χ1v) is 13.2. The van der Waals surface area contributed by atoms with E-state index in [1.54, 1.807) is 6.92 Å². The molecule has 0 spiro atoms. The topological polar surface area (TPSA) is 36.4 Å². The van der Waals surface area contributed by atoms with Gasteiger partial charge < -0.3 is 4.90 Å². The van der Waals surface area contributed by atoms with Crippen molar-refractivity contribution in [2.24, 2.45) is 5.92 Å². The third kappa shape index (κ3) is 5.38. The van der Waals surface area contributed by atoms with Crippen molar-refractivity contribution in [1.82, 2.24) is 14.8 Å². The van der Waals surface area contributed by atoms with Gasteiger partial charge in [0.2, 0.25) is 0 Å². The highest BCUT2D eigenvalue weighted by Crippen LogP contribution is 2.30. The highest BCUT2D eigenvalue weighted by Gasteiger charge is 2.32. The average Bonchev–Trinajstić information content (AvgIpc) is 2.86. The number of aryl methyl sites for hydroxylation is 2. The molecule has 1 aliphatic carbocycles. The van der Waals surface area contributed by atoms with Gasteiger partial charge in [0, 0.05) is 30.5 Å². The van der Waals surface area contributed by atoms with E-state index >= 15 is 0 Å². The molecule has 1 atom stereocenters. The van der Waals surface area contributed by atoms with Gasteiger partial charge in [-0.1, -0.05) is 36.4 Å². The maximum Gasteiger partial charge on any atom is 0.151 e. The Bertz CT molecular complexity index is 927. The Balaban J connectivity index is 1.11. The summed E-state index contributed by atoms with van der Waals surface area (Å²) in [6, 6.07) is 15.5. The van der Waals surface area contributed by atoms with Gasteiger partial charge in [-0.3, -0.25) is 14.7 Å². The van der Waals surface area contributed by atoms with Crippen LogP contribution >= 0.6 is 0 Å². The zero-order valence-electron chi connectivity index (χ0n) is 20.2. The Morgan fingerprint density at radius 3 is 2.39 bits per heavy atom. The average molecular weight is 446 g/mol. The van der Waals surface area contributed by atoms with Crippen LogP contribution < -0.4 is 0 Å². The van der Waals surface area contributed by atoms with Gasteiger partial charge in [-0.2, -0.15) is 0 Å². The van der Waals surface area contributed by atoms with Crippen LogP contribution in [0.4, 0.5) is 0 Å². The fourth-order valence-corrected chi connectivity index (χ4v) is 6.41. The molecule has 3 aliphatic rings. The molecule has 0 radical (unpaired) electrons. The molecule has 0 saturated carbocycles. The Morgan fingerprint density at radius 1 is 0.939 bits per heavy atom. The number of pyridine rings is 1. The Labute approximate surface area is 199 Å². The molecule has 4 heteroatoms. The number of nitrogens with zero attached hydrogens (tertiary/aromatic N) is 3. The molecular weight excluding hydrogens is 406 g/mol. The minimum absolute atomic E-state index is 0.0815. The van der Waals surface area contributed by atoms with E-state index in [9.17, 15) is 4.79 Å². The quantitative estimate of drug-likeness (QED) is 0.626. The standard InChI is InChI=1S/C29H39N3O/c1-22(33)29(25-8-3-2-4-9-25)32-19-15-27(16-20-32)31-17-13-23(14-18-31)21-26-12-11-24-7-5-6-10-28(24)30-26/h2-4,8-9,11-12,23,27,29H,5-7,10,13-21H2,1H3/t29-/m1/s1. The summed E-state index contributed by atoms with van der Waals surface area (Å²) in [5, 5.41) is 0. The molecule has 33 heavy (non-hydrogen) atoms. The Morgan fingerprint density at radius 2 is 1.67 bits per heavy atom. The summed E-state index contributed by atoms with van der Waals surface area (Å²) in [5.41, 5.74) is 5.33. The molecule has 2 aliphatic heterocycles. The molecule has 5 rings (SSSR count). The van der Waals surface area contributed by atoms with Gasteiger partial charge in [0.05, 0.1) is 6.04 Å². The molecule has 2 fully saturated rings. The predicted octanol–water partition coefficient (Wildman–Crippen LogP) is 5.01. The van der Waals surface area contributed by atoms with E-state index in [0.29, 0.717) is 6.04 Å². The smallest absolute Gasteiger partial charge is 0.151 e. The number of carbonyl (C=O) groups excluding carboxylic acids is 1. The van der Waals surface area contributed by atoms with Gasteiger partial charge in [-0.15, -0.1) is 0 Å². The number of piperidine rings is 2. The van der Waals surface area contributed by atoms with Crippen LogP contribution in [0.1, 0.15) is 74.0 Å². The van der Waals surface area contributed by atoms with Gasteiger partial charge >= 0.3 is 0 Å². The zero-order chi connectivity index (χ0) is 22.6. The molecule has 176 valence electrons. The summed E-state index contributed by atoms with van der Waals surface area (Å²) in [6.45, 7) is 6.21. The first-order chi connectivity index (χ1) is 16.2. The zero-order valence-corrected chi connectivity index (χ0v) is 20.2. The molecular formula is C29H39N3O. The molecule has 0 bridgehead atoms. The largest absolute Gasteiger partial charge is 0.300 e. The fraction of sp³-hybridized carbons (Fsp3) is 0.586. The fourth-order valence-electron chi connectivity index (χ4n) is 6.41. The van der Waals surface area contributed by atoms with Crippen LogP contribution in [0.2, 0.25) is 0 Å². The number of ketones is 1. The van der Waals surface area contributed by atoms with Gasteiger partial charge in [0.15, 0.2) is 5.78 Å². The third-order valence-corrected chi connectivity index (χ3v) is 8.26. The molecule has 0 N–H and O–H groups in total. The highest BCUT2D eigenvalue weighted by atomic mass is 16.1. The van der Waals surface area contributed by atoms with Crippen LogP contribution in [0.25, 0.3) is 0 Å². The first kappa shape index (κ1) is 22.7. The second-order valence-electron chi connectivity index (χ2n) is 10.5. The van der Waals surface area contributed by atoms with Crippen molar-refractivity contribution in [2.75, 3.05) is 26.2 Å². The molecule has 1 aromatic carbocycles. The summed E-state index contributed by atoms with van der Waals surface area (Å²) >= 11 is 0. The lowest BCUT2D eigenvalue weighted by atomic mass is 9.89. The van der Waals surface area contributed by atoms with Crippen molar-refractivity contribution in [3.63, 3.8) is 0 Å². The second-order valence-corrected chi connectivity index (χ2v) is 10.5. The summed E-state index contributed by atoms with van der Waals surface area (Å²) in [7, 11) is 0. The highest BCUT2D eigenvalue weighted by molar-refractivity contribution is 5.82. The van der Waals surface area contributed by atoms with E-state index in [0.717, 1.165) is 31.0 Å². The number of benzene rings is 1. The van der Waals surface area contributed by atoms with E-state index in [1.807, 2.05) is 18.2 Å². The van der Waals surface area contributed by atoms with Gasteiger partial charge in [0.1, 0.15) is 0 Å². The van der Waals surface area contributed by atoms with Crippen LogP contribution in [0, 0.1) is 5.92 Å². The number of hydrogen-bond acceptors (Lipinski definition) is 4. The van der Waals surface area contributed by atoms with Crippen LogP contribution in [0.15, 0.2) is 42.5 Å². The second kappa shape index (κ2) is 10.5. The number of likely N-dealkylation sites (tertiary alicyclic amines) is 2. The number of rotatable bonds is 6. The summed E-state index contributed by atoms with van der Waals surface area (Å²) < 4.78 is 0. The summed E-state index contributed by atoms with van der Waals surface area (Å²) in [5.74, 6) is 1.03. The van der Waals surface area contributed by atoms with E-state index < -0.39 is 0 Å². The summed E-state index contributed by atoms with van der Waals surface area (Å²) in [4.78, 5) is 22.6. The van der Waals surface area contributed by atoms with Crippen molar-refractivity contribution in [3.8, 4) is 0 Å². The lowest BCUT2D eigenvalue weighted by molar-refractivity contribution is -0.123. The van der Waals surface area contributed by atoms with E-state index in [1.165, 1.54) is 81.4 Å². The Hall–Kier alpha value is -2.04. The lowest BCUT2D eigenvalue weighted by Gasteiger charge is -2.43. The number of Topliss-reactive ketones (excluding diaryl/α,β-unsaturated/α-hetero) is 1. The molecule has 2 aromatic rings. The maximum absolute atomic E-state index is 12.4. The van der Waals surface area contributed by atoms with Crippen molar-refractivity contribution in [1.29, 1.82) is 0 Å². The van der Waals surface area contributed by atoms with Crippen LogP contribution in [-0.2, 0) is 24.1 Å². The minimum atomic E-state index is -0.0815. The van der Waals surface area contributed by atoms with Crippen LogP contribution in [-0.4, -0.2) is 52.8 Å². The molecule has 4 nitrogen and oxygen atoms in total.